The predicted molar refractivity (Wildman–Crippen MR) is 87.1 cm³/mol. The summed E-state index contributed by atoms with van der Waals surface area (Å²) in [5.41, 5.74) is 0.532. The van der Waals surface area contributed by atoms with Gasteiger partial charge in [-0.05, 0) is 42.0 Å². The van der Waals surface area contributed by atoms with Crippen LogP contribution in [0.5, 0.6) is 0 Å². The standard InChI is InChI=1S/C19H15FO6/c20-15-5-1-4-13(10-15)14(11-25-18(21)16-6-2-8-23-16)12-26-19(22)17-7-3-9-24-17/h1-10,14H,11-12H2. The van der Waals surface area contributed by atoms with Gasteiger partial charge >= 0.3 is 11.9 Å². The van der Waals surface area contributed by atoms with E-state index >= 15 is 0 Å². The van der Waals surface area contributed by atoms with Gasteiger partial charge in [0.15, 0.2) is 0 Å². The van der Waals surface area contributed by atoms with E-state index in [-0.39, 0.29) is 24.7 Å². The van der Waals surface area contributed by atoms with E-state index in [1.807, 2.05) is 0 Å². The maximum Gasteiger partial charge on any atom is 0.374 e. The summed E-state index contributed by atoms with van der Waals surface area (Å²) in [6, 6.07) is 11.8. The normalized spacial score (nSPS) is 10.7. The molecule has 0 aliphatic carbocycles. The van der Waals surface area contributed by atoms with Crippen molar-refractivity contribution >= 4 is 11.9 Å². The first-order valence-electron chi connectivity index (χ1n) is 7.80. The smallest absolute Gasteiger partial charge is 0.374 e. The Hall–Kier alpha value is -3.35. The highest BCUT2D eigenvalue weighted by Crippen LogP contribution is 2.19. The molecule has 2 aromatic heterocycles. The summed E-state index contributed by atoms with van der Waals surface area (Å²) in [5.74, 6) is -2.21. The van der Waals surface area contributed by atoms with Crippen LogP contribution in [0.3, 0.4) is 0 Å². The Kier molecular flexibility index (Phi) is 5.48. The van der Waals surface area contributed by atoms with Gasteiger partial charge in [-0.2, -0.15) is 0 Å². The van der Waals surface area contributed by atoms with Gasteiger partial charge < -0.3 is 18.3 Å². The first-order valence-corrected chi connectivity index (χ1v) is 7.80. The number of hydrogen-bond donors (Lipinski definition) is 0. The van der Waals surface area contributed by atoms with E-state index < -0.39 is 23.7 Å². The average Bonchev–Trinajstić information content (AvgIpc) is 3.35. The van der Waals surface area contributed by atoms with Gasteiger partial charge in [0.25, 0.3) is 0 Å². The number of rotatable bonds is 7. The highest BCUT2D eigenvalue weighted by molar-refractivity contribution is 5.86. The lowest BCUT2D eigenvalue weighted by Crippen LogP contribution is -2.19. The van der Waals surface area contributed by atoms with Crippen LogP contribution < -0.4 is 0 Å². The van der Waals surface area contributed by atoms with Crippen LogP contribution in [0.2, 0.25) is 0 Å². The van der Waals surface area contributed by atoms with Gasteiger partial charge in [-0.1, -0.05) is 12.1 Å². The van der Waals surface area contributed by atoms with E-state index in [4.69, 9.17) is 18.3 Å². The Balaban J connectivity index is 1.67. The second-order valence-electron chi connectivity index (χ2n) is 5.40. The lowest BCUT2D eigenvalue weighted by atomic mass is 10.0. The molecule has 0 bridgehead atoms. The van der Waals surface area contributed by atoms with Crippen molar-refractivity contribution in [2.45, 2.75) is 5.92 Å². The van der Waals surface area contributed by atoms with Crippen LogP contribution in [-0.2, 0) is 9.47 Å². The number of ether oxygens (including phenoxy) is 2. The van der Waals surface area contributed by atoms with E-state index in [0.29, 0.717) is 5.56 Å². The minimum absolute atomic E-state index is 0.0515. The molecule has 0 aliphatic heterocycles. The quantitative estimate of drug-likeness (QED) is 0.598. The van der Waals surface area contributed by atoms with Crippen molar-refractivity contribution < 1.29 is 32.3 Å². The number of carbonyl (C=O) groups is 2. The molecule has 134 valence electrons. The first kappa shape index (κ1) is 17.5. The fraction of sp³-hybridized carbons (Fsp3) is 0.158. The number of carbonyl (C=O) groups excluding carboxylic acids is 2. The summed E-state index contributed by atoms with van der Waals surface area (Å²) < 4.78 is 33.9. The summed E-state index contributed by atoms with van der Waals surface area (Å²) in [6.07, 6.45) is 2.71. The van der Waals surface area contributed by atoms with Crippen molar-refractivity contribution in [2.24, 2.45) is 0 Å². The third kappa shape index (κ3) is 4.38. The van der Waals surface area contributed by atoms with E-state index in [2.05, 4.69) is 0 Å². The number of esters is 2. The molecule has 0 amide bonds. The molecular weight excluding hydrogens is 343 g/mol. The molecular formula is C19H15FO6. The molecule has 0 saturated carbocycles. The Labute approximate surface area is 148 Å². The third-order valence-electron chi connectivity index (χ3n) is 3.60. The molecule has 2 heterocycles. The number of halogens is 1. The molecule has 0 N–H and O–H groups in total. The van der Waals surface area contributed by atoms with Gasteiger partial charge in [0.1, 0.15) is 19.0 Å². The van der Waals surface area contributed by atoms with Crippen molar-refractivity contribution in [3.05, 3.63) is 84.0 Å². The molecule has 7 heteroatoms. The number of furan rings is 2. The van der Waals surface area contributed by atoms with Crippen molar-refractivity contribution in [3.63, 3.8) is 0 Å². The highest BCUT2D eigenvalue weighted by Gasteiger charge is 2.20. The summed E-state index contributed by atoms with van der Waals surface area (Å²) >= 11 is 0. The molecule has 1 aromatic carbocycles. The van der Waals surface area contributed by atoms with Gasteiger partial charge in [-0.15, -0.1) is 0 Å². The van der Waals surface area contributed by atoms with Crippen molar-refractivity contribution in [3.8, 4) is 0 Å². The van der Waals surface area contributed by atoms with E-state index in [1.54, 1.807) is 18.2 Å². The molecule has 6 nitrogen and oxygen atoms in total. The maximum atomic E-state index is 13.5. The van der Waals surface area contributed by atoms with E-state index in [1.165, 1.54) is 42.9 Å². The Bertz CT molecular complexity index is 804. The summed E-state index contributed by atoms with van der Waals surface area (Å²) in [7, 11) is 0. The van der Waals surface area contributed by atoms with E-state index in [0.717, 1.165) is 0 Å². The SMILES string of the molecule is O=C(OCC(COC(=O)c1ccco1)c1cccc(F)c1)c1ccco1. The van der Waals surface area contributed by atoms with Crippen LogP contribution in [0.4, 0.5) is 4.39 Å². The zero-order chi connectivity index (χ0) is 18.4. The van der Waals surface area contributed by atoms with Crippen LogP contribution in [0.1, 0.15) is 32.6 Å². The second-order valence-corrected chi connectivity index (χ2v) is 5.40. The van der Waals surface area contributed by atoms with Crippen LogP contribution in [-0.4, -0.2) is 25.2 Å². The molecule has 0 aliphatic rings. The lowest BCUT2D eigenvalue weighted by Gasteiger charge is -2.17. The molecule has 26 heavy (non-hydrogen) atoms. The van der Waals surface area contributed by atoms with Crippen LogP contribution >= 0.6 is 0 Å². The molecule has 0 spiro atoms. The molecule has 0 fully saturated rings. The molecule has 0 atom stereocenters. The summed E-state index contributed by atoms with van der Waals surface area (Å²) in [5, 5.41) is 0. The molecule has 3 aromatic rings. The van der Waals surface area contributed by atoms with Gasteiger partial charge in [0.05, 0.1) is 18.4 Å². The first-order chi connectivity index (χ1) is 12.6. The Morgan fingerprint density at radius 1 is 0.885 bits per heavy atom. The van der Waals surface area contributed by atoms with Crippen LogP contribution in [0, 0.1) is 5.82 Å². The average molecular weight is 358 g/mol. The molecule has 0 radical (unpaired) electrons. The Morgan fingerprint density at radius 3 is 1.92 bits per heavy atom. The third-order valence-corrected chi connectivity index (χ3v) is 3.60. The molecule has 0 unspecified atom stereocenters. The largest absolute Gasteiger partial charge is 0.459 e. The van der Waals surface area contributed by atoms with Crippen LogP contribution in [0.25, 0.3) is 0 Å². The van der Waals surface area contributed by atoms with Crippen LogP contribution in [0.15, 0.2) is 69.9 Å². The predicted octanol–water partition coefficient (Wildman–Crippen LogP) is 3.81. The summed E-state index contributed by atoms with van der Waals surface area (Å²) in [6.45, 7) is -0.233. The van der Waals surface area contributed by atoms with Gasteiger partial charge in [0, 0.05) is 0 Å². The number of hydrogen-bond acceptors (Lipinski definition) is 6. The van der Waals surface area contributed by atoms with Gasteiger partial charge in [0.2, 0.25) is 11.5 Å². The van der Waals surface area contributed by atoms with Crippen molar-refractivity contribution in [1.29, 1.82) is 0 Å². The van der Waals surface area contributed by atoms with Gasteiger partial charge in [-0.3, -0.25) is 0 Å². The zero-order valence-corrected chi connectivity index (χ0v) is 13.6. The number of benzene rings is 1. The Morgan fingerprint density at radius 2 is 1.46 bits per heavy atom. The minimum Gasteiger partial charge on any atom is -0.459 e. The second kappa shape index (κ2) is 8.15. The highest BCUT2D eigenvalue weighted by atomic mass is 19.1. The molecule has 0 saturated heterocycles. The fourth-order valence-corrected chi connectivity index (χ4v) is 2.29. The van der Waals surface area contributed by atoms with Gasteiger partial charge in [-0.25, -0.2) is 14.0 Å². The fourth-order valence-electron chi connectivity index (χ4n) is 2.29. The molecule has 3 rings (SSSR count). The van der Waals surface area contributed by atoms with Crippen molar-refractivity contribution in [1.82, 2.24) is 0 Å². The van der Waals surface area contributed by atoms with E-state index in [9.17, 15) is 14.0 Å². The summed E-state index contributed by atoms with van der Waals surface area (Å²) in [4.78, 5) is 23.8. The minimum atomic E-state index is -0.659. The maximum absolute atomic E-state index is 13.5. The monoisotopic (exact) mass is 358 g/mol. The zero-order valence-electron chi connectivity index (χ0n) is 13.6. The van der Waals surface area contributed by atoms with Crippen molar-refractivity contribution in [2.75, 3.05) is 13.2 Å². The lowest BCUT2D eigenvalue weighted by molar-refractivity contribution is 0.0310. The topological polar surface area (TPSA) is 78.9 Å².